The van der Waals surface area contributed by atoms with Gasteiger partial charge in [-0.15, -0.1) is 0 Å². The lowest BCUT2D eigenvalue weighted by Gasteiger charge is -2.03. The molecular weight excluding hydrogens is 294 g/mol. The van der Waals surface area contributed by atoms with Gasteiger partial charge in [0.2, 0.25) is 0 Å². The van der Waals surface area contributed by atoms with E-state index in [1.54, 1.807) is 24.3 Å². The number of aromatic nitrogens is 3. The normalized spacial score (nSPS) is 10.7. The van der Waals surface area contributed by atoms with Crippen LogP contribution < -0.4 is 4.74 Å². The predicted octanol–water partition coefficient (Wildman–Crippen LogP) is 2.89. The van der Waals surface area contributed by atoms with Gasteiger partial charge in [-0.25, -0.2) is 14.8 Å². The number of aromatic carboxylic acids is 1. The van der Waals surface area contributed by atoms with Crippen molar-refractivity contribution in [3.63, 3.8) is 0 Å². The number of nitrogens with one attached hydrogen (secondary N) is 1. The third-order valence-corrected chi connectivity index (χ3v) is 3.11. The SMILES string of the molecule is O=C(O)c1ccnc2nc(COc3ccc(Cl)cc3)[nH]c12. The summed E-state index contributed by atoms with van der Waals surface area (Å²) in [5, 5.41) is 9.73. The van der Waals surface area contributed by atoms with Crippen LogP contribution in [0.2, 0.25) is 5.02 Å². The van der Waals surface area contributed by atoms with Gasteiger partial charge in [-0.3, -0.25) is 0 Å². The topological polar surface area (TPSA) is 88.1 Å². The number of pyridine rings is 1. The summed E-state index contributed by atoms with van der Waals surface area (Å²) in [7, 11) is 0. The fourth-order valence-corrected chi connectivity index (χ4v) is 2.01. The van der Waals surface area contributed by atoms with Gasteiger partial charge in [0.25, 0.3) is 0 Å². The van der Waals surface area contributed by atoms with E-state index in [9.17, 15) is 4.79 Å². The number of H-pyrrole nitrogens is 1. The number of hydrogen-bond donors (Lipinski definition) is 2. The molecule has 0 aliphatic carbocycles. The van der Waals surface area contributed by atoms with Crippen LogP contribution in [0.4, 0.5) is 0 Å². The first-order valence-corrected chi connectivity index (χ1v) is 6.46. The van der Waals surface area contributed by atoms with Crippen molar-refractivity contribution in [2.75, 3.05) is 0 Å². The van der Waals surface area contributed by atoms with Crippen LogP contribution in [0.15, 0.2) is 36.5 Å². The molecule has 2 N–H and O–H groups in total. The van der Waals surface area contributed by atoms with Gasteiger partial charge >= 0.3 is 5.97 Å². The van der Waals surface area contributed by atoms with Crippen LogP contribution >= 0.6 is 11.6 Å². The maximum absolute atomic E-state index is 11.1. The molecular formula is C14H10ClN3O3. The molecule has 3 aromatic rings. The molecule has 1 aromatic carbocycles. The molecule has 2 heterocycles. The minimum Gasteiger partial charge on any atom is -0.486 e. The molecule has 2 aromatic heterocycles. The van der Waals surface area contributed by atoms with Crippen LogP contribution in [0.25, 0.3) is 11.2 Å². The lowest BCUT2D eigenvalue weighted by atomic mass is 10.2. The minimum atomic E-state index is -1.03. The van der Waals surface area contributed by atoms with E-state index in [1.165, 1.54) is 12.3 Å². The summed E-state index contributed by atoms with van der Waals surface area (Å²) in [6, 6.07) is 8.35. The van der Waals surface area contributed by atoms with Gasteiger partial charge in [0.05, 0.1) is 11.1 Å². The largest absolute Gasteiger partial charge is 0.486 e. The van der Waals surface area contributed by atoms with Crippen molar-refractivity contribution >= 4 is 28.7 Å². The lowest BCUT2D eigenvalue weighted by Crippen LogP contribution is -1.98. The summed E-state index contributed by atoms with van der Waals surface area (Å²) >= 11 is 5.79. The van der Waals surface area contributed by atoms with Gasteiger partial charge < -0.3 is 14.8 Å². The van der Waals surface area contributed by atoms with E-state index < -0.39 is 5.97 Å². The zero-order valence-electron chi connectivity index (χ0n) is 10.7. The number of carboxylic acids is 1. The number of carboxylic acid groups (broad SMARTS) is 1. The number of nitrogens with zero attached hydrogens (tertiary/aromatic N) is 2. The van der Waals surface area contributed by atoms with Crippen LogP contribution in [0.1, 0.15) is 16.2 Å². The Kier molecular flexibility index (Phi) is 3.45. The highest BCUT2D eigenvalue weighted by Crippen LogP contribution is 2.18. The highest BCUT2D eigenvalue weighted by atomic mass is 35.5. The van der Waals surface area contributed by atoms with Crippen molar-refractivity contribution in [3.05, 3.63) is 52.9 Å². The first kappa shape index (κ1) is 13.4. The van der Waals surface area contributed by atoms with Gasteiger partial charge in [0.1, 0.15) is 18.2 Å². The van der Waals surface area contributed by atoms with Crippen molar-refractivity contribution in [1.82, 2.24) is 15.0 Å². The highest BCUT2D eigenvalue weighted by Gasteiger charge is 2.13. The first-order valence-electron chi connectivity index (χ1n) is 6.09. The van der Waals surface area contributed by atoms with Crippen LogP contribution in [0.3, 0.4) is 0 Å². The second-order valence-corrected chi connectivity index (χ2v) is 4.72. The molecule has 0 fully saturated rings. The smallest absolute Gasteiger partial charge is 0.338 e. The van der Waals surface area contributed by atoms with E-state index in [1.807, 2.05) is 0 Å². The van der Waals surface area contributed by atoms with Gasteiger partial charge in [0.15, 0.2) is 5.65 Å². The van der Waals surface area contributed by atoms with Gasteiger partial charge in [-0.1, -0.05) is 11.6 Å². The number of rotatable bonds is 4. The summed E-state index contributed by atoms with van der Waals surface area (Å²) in [6.07, 6.45) is 1.41. The van der Waals surface area contributed by atoms with E-state index in [4.69, 9.17) is 21.4 Å². The Balaban J connectivity index is 1.83. The molecule has 21 heavy (non-hydrogen) atoms. The molecule has 106 valence electrons. The van der Waals surface area contributed by atoms with Crippen LogP contribution in [0, 0.1) is 0 Å². The Morgan fingerprint density at radius 2 is 2.05 bits per heavy atom. The molecule has 0 amide bonds. The molecule has 6 nitrogen and oxygen atoms in total. The second kappa shape index (κ2) is 5.41. The maximum Gasteiger partial charge on any atom is 0.338 e. The van der Waals surface area contributed by atoms with Crippen molar-refractivity contribution in [2.45, 2.75) is 6.61 Å². The number of benzene rings is 1. The minimum absolute atomic E-state index is 0.130. The summed E-state index contributed by atoms with van der Waals surface area (Å²) < 4.78 is 5.55. The Morgan fingerprint density at radius 1 is 1.29 bits per heavy atom. The molecule has 0 aliphatic heterocycles. The van der Waals surface area contributed by atoms with Crippen LogP contribution in [-0.4, -0.2) is 26.0 Å². The van der Waals surface area contributed by atoms with Gasteiger partial charge in [0, 0.05) is 11.2 Å². The number of ether oxygens (including phenoxy) is 1. The number of carbonyl (C=O) groups is 1. The quantitative estimate of drug-likeness (QED) is 0.773. The molecule has 0 radical (unpaired) electrons. The Morgan fingerprint density at radius 3 is 2.76 bits per heavy atom. The third-order valence-electron chi connectivity index (χ3n) is 2.86. The molecule has 0 atom stereocenters. The predicted molar refractivity (Wildman–Crippen MR) is 76.6 cm³/mol. The zero-order chi connectivity index (χ0) is 14.8. The van der Waals surface area contributed by atoms with E-state index in [2.05, 4.69) is 15.0 Å². The molecule has 0 saturated heterocycles. The number of aromatic amines is 1. The number of halogens is 1. The fraction of sp³-hybridized carbons (Fsp3) is 0.0714. The molecule has 3 rings (SSSR count). The van der Waals surface area contributed by atoms with E-state index in [0.29, 0.717) is 27.8 Å². The third kappa shape index (κ3) is 2.80. The number of hydrogen-bond acceptors (Lipinski definition) is 4. The lowest BCUT2D eigenvalue weighted by molar-refractivity contribution is 0.0698. The summed E-state index contributed by atoms with van der Waals surface area (Å²) in [4.78, 5) is 22.3. The standard InChI is InChI=1S/C14H10ClN3O3/c15-8-1-3-9(4-2-8)21-7-11-17-12-10(14(19)20)5-6-16-13(12)18-11/h1-6H,7H2,(H,19,20)(H,16,17,18). The van der Waals surface area contributed by atoms with Crippen molar-refractivity contribution < 1.29 is 14.6 Å². The monoisotopic (exact) mass is 303 g/mol. The van der Waals surface area contributed by atoms with E-state index in [-0.39, 0.29) is 12.2 Å². The maximum atomic E-state index is 11.1. The van der Waals surface area contributed by atoms with E-state index in [0.717, 1.165) is 0 Å². The van der Waals surface area contributed by atoms with Gasteiger partial charge in [-0.2, -0.15) is 0 Å². The Labute approximate surface area is 124 Å². The van der Waals surface area contributed by atoms with Crippen molar-refractivity contribution in [1.29, 1.82) is 0 Å². The molecule has 0 saturated carbocycles. The first-order chi connectivity index (χ1) is 10.1. The van der Waals surface area contributed by atoms with Crippen molar-refractivity contribution in [2.24, 2.45) is 0 Å². The molecule has 0 bridgehead atoms. The van der Waals surface area contributed by atoms with E-state index >= 15 is 0 Å². The Bertz CT molecular complexity index is 799. The second-order valence-electron chi connectivity index (χ2n) is 4.29. The summed E-state index contributed by atoms with van der Waals surface area (Å²) in [5.74, 6) is 0.114. The summed E-state index contributed by atoms with van der Waals surface area (Å²) in [6.45, 7) is 0.178. The molecule has 0 aliphatic rings. The molecule has 0 unspecified atom stereocenters. The number of imidazole rings is 1. The average Bonchev–Trinajstić information content (AvgIpc) is 2.89. The zero-order valence-corrected chi connectivity index (χ0v) is 11.5. The molecule has 7 heteroatoms. The van der Waals surface area contributed by atoms with Crippen LogP contribution in [-0.2, 0) is 6.61 Å². The average molecular weight is 304 g/mol. The fourth-order valence-electron chi connectivity index (χ4n) is 1.89. The van der Waals surface area contributed by atoms with Gasteiger partial charge in [-0.05, 0) is 30.3 Å². The molecule has 0 spiro atoms. The Hall–Kier alpha value is -2.60. The van der Waals surface area contributed by atoms with Crippen LogP contribution in [0.5, 0.6) is 5.75 Å². The highest BCUT2D eigenvalue weighted by molar-refractivity contribution is 6.30. The number of fused-ring (bicyclic) bond motifs is 1. The summed E-state index contributed by atoms with van der Waals surface area (Å²) in [5.41, 5.74) is 0.870. The van der Waals surface area contributed by atoms with Crippen molar-refractivity contribution in [3.8, 4) is 5.75 Å².